The first-order valence-electron chi connectivity index (χ1n) is 7.50. The van der Waals surface area contributed by atoms with Crippen LogP contribution in [0.2, 0.25) is 0 Å². The molecule has 0 radical (unpaired) electrons. The van der Waals surface area contributed by atoms with Crippen LogP contribution < -0.4 is 4.74 Å². The lowest BCUT2D eigenvalue weighted by atomic mass is 9.91. The first-order chi connectivity index (χ1) is 11.0. The zero-order valence-corrected chi connectivity index (χ0v) is 13.3. The molecule has 0 saturated heterocycles. The van der Waals surface area contributed by atoms with Gasteiger partial charge in [-0.3, -0.25) is 9.59 Å². The first-order valence-corrected chi connectivity index (χ1v) is 7.50. The molecule has 23 heavy (non-hydrogen) atoms. The van der Waals surface area contributed by atoms with E-state index in [0.717, 1.165) is 11.1 Å². The minimum absolute atomic E-state index is 0.0329. The number of carboxylic acid groups (broad SMARTS) is 1. The molecule has 0 saturated carbocycles. The predicted octanol–water partition coefficient (Wildman–Crippen LogP) is 3.89. The summed E-state index contributed by atoms with van der Waals surface area (Å²) in [5.74, 6) is -0.588. The van der Waals surface area contributed by atoms with Crippen molar-refractivity contribution in [2.24, 2.45) is 0 Å². The van der Waals surface area contributed by atoms with E-state index in [1.807, 2.05) is 36.4 Å². The molecule has 4 heteroatoms. The third kappa shape index (κ3) is 4.19. The zero-order valence-electron chi connectivity index (χ0n) is 13.3. The summed E-state index contributed by atoms with van der Waals surface area (Å²) in [5, 5.41) is 8.74. The molecule has 0 heterocycles. The van der Waals surface area contributed by atoms with Crippen molar-refractivity contribution >= 4 is 11.8 Å². The van der Waals surface area contributed by atoms with Gasteiger partial charge in [0.05, 0.1) is 19.1 Å². The van der Waals surface area contributed by atoms with Crippen LogP contribution in [0.4, 0.5) is 0 Å². The number of carboxylic acids is 1. The van der Waals surface area contributed by atoms with Crippen LogP contribution in [0.5, 0.6) is 5.75 Å². The average molecular weight is 312 g/mol. The van der Waals surface area contributed by atoms with E-state index in [1.54, 1.807) is 12.1 Å². The highest BCUT2D eigenvalue weighted by molar-refractivity contribution is 6.00. The topological polar surface area (TPSA) is 63.6 Å². The number of ketones is 1. The van der Waals surface area contributed by atoms with E-state index in [2.05, 4.69) is 6.92 Å². The summed E-state index contributed by atoms with van der Waals surface area (Å²) >= 11 is 0. The molecule has 0 amide bonds. The van der Waals surface area contributed by atoms with Crippen LogP contribution >= 0.6 is 0 Å². The minimum Gasteiger partial charge on any atom is -0.496 e. The lowest BCUT2D eigenvalue weighted by molar-refractivity contribution is -0.136. The molecule has 2 rings (SSSR count). The summed E-state index contributed by atoms with van der Waals surface area (Å²) in [6, 6.07) is 15.5. The number of hydrogen-bond acceptors (Lipinski definition) is 3. The molecular weight excluding hydrogens is 292 g/mol. The Kier molecular flexibility index (Phi) is 5.52. The maximum absolute atomic E-state index is 12.3. The van der Waals surface area contributed by atoms with Crippen molar-refractivity contribution < 1.29 is 19.4 Å². The number of methoxy groups -OCH3 is 1. The Bertz CT molecular complexity index is 692. The van der Waals surface area contributed by atoms with Gasteiger partial charge in [0, 0.05) is 12.3 Å². The molecule has 4 nitrogen and oxygen atoms in total. The second-order valence-corrected chi connectivity index (χ2v) is 5.41. The molecule has 0 bridgehead atoms. The van der Waals surface area contributed by atoms with Crippen molar-refractivity contribution in [3.8, 4) is 5.75 Å². The summed E-state index contributed by atoms with van der Waals surface area (Å²) in [6.45, 7) is 2.07. The molecule has 0 fully saturated rings. The van der Waals surface area contributed by atoms with Gasteiger partial charge >= 0.3 is 5.97 Å². The number of carbonyl (C=O) groups excluding carboxylic acids is 1. The summed E-state index contributed by atoms with van der Waals surface area (Å²) in [5.41, 5.74) is 2.59. The normalized spacial score (nSPS) is 11.7. The van der Waals surface area contributed by atoms with Crippen molar-refractivity contribution in [3.63, 3.8) is 0 Å². The molecule has 120 valence electrons. The van der Waals surface area contributed by atoms with Gasteiger partial charge in [-0.2, -0.15) is 0 Å². The van der Waals surface area contributed by atoms with Crippen LogP contribution in [0.1, 0.15) is 47.2 Å². The number of benzene rings is 2. The molecule has 2 aromatic rings. The molecule has 0 unspecified atom stereocenters. The number of ether oxygens (including phenoxy) is 1. The highest BCUT2D eigenvalue weighted by atomic mass is 16.5. The third-order valence-corrected chi connectivity index (χ3v) is 3.89. The molecule has 1 N–H and O–H groups in total. The second kappa shape index (κ2) is 7.58. The molecule has 0 aromatic heterocycles. The molecule has 0 aliphatic carbocycles. The van der Waals surface area contributed by atoms with Gasteiger partial charge in [-0.15, -0.1) is 0 Å². The predicted molar refractivity (Wildman–Crippen MR) is 88.2 cm³/mol. The summed E-state index contributed by atoms with van der Waals surface area (Å²) in [4.78, 5) is 23.0. The lowest BCUT2D eigenvalue weighted by Crippen LogP contribution is -2.07. The lowest BCUT2D eigenvalue weighted by Gasteiger charge is -2.15. The largest absolute Gasteiger partial charge is 0.496 e. The van der Waals surface area contributed by atoms with Crippen LogP contribution in [-0.4, -0.2) is 24.0 Å². The summed E-state index contributed by atoms with van der Waals surface area (Å²) in [6.07, 6.45) is -0.213. The molecular formula is C19H20O4. The Balaban J connectivity index is 2.31. The molecule has 0 aliphatic rings. The van der Waals surface area contributed by atoms with Crippen molar-refractivity contribution in [1.29, 1.82) is 0 Å². The summed E-state index contributed by atoms with van der Waals surface area (Å²) in [7, 11) is 1.50. The standard InChI is InChI=1S/C19H20O4/c1-13(14-6-4-3-5-7-14)15-8-10-18(23-2)16(12-15)17(20)9-11-19(21)22/h3-8,10,12-13H,9,11H2,1-2H3,(H,21,22)/t13-/m0/s1. The van der Waals surface area contributed by atoms with Crippen LogP contribution in [0, 0.1) is 0 Å². The second-order valence-electron chi connectivity index (χ2n) is 5.41. The number of hydrogen-bond donors (Lipinski definition) is 1. The van der Waals surface area contributed by atoms with E-state index in [-0.39, 0.29) is 24.5 Å². The van der Waals surface area contributed by atoms with Crippen molar-refractivity contribution in [1.82, 2.24) is 0 Å². The van der Waals surface area contributed by atoms with Crippen molar-refractivity contribution in [2.45, 2.75) is 25.7 Å². The van der Waals surface area contributed by atoms with E-state index in [4.69, 9.17) is 9.84 Å². The smallest absolute Gasteiger partial charge is 0.303 e. The van der Waals surface area contributed by atoms with Gasteiger partial charge in [-0.1, -0.05) is 43.3 Å². The van der Waals surface area contributed by atoms with Crippen molar-refractivity contribution in [3.05, 3.63) is 65.2 Å². The van der Waals surface area contributed by atoms with Gasteiger partial charge < -0.3 is 9.84 Å². The van der Waals surface area contributed by atoms with Gasteiger partial charge in [0.1, 0.15) is 5.75 Å². The van der Waals surface area contributed by atoms with Crippen LogP contribution in [0.15, 0.2) is 48.5 Å². The van der Waals surface area contributed by atoms with Gasteiger partial charge in [-0.05, 0) is 23.3 Å². The molecule has 0 spiro atoms. The van der Waals surface area contributed by atoms with Gasteiger partial charge in [0.15, 0.2) is 5.78 Å². The van der Waals surface area contributed by atoms with Gasteiger partial charge in [0.25, 0.3) is 0 Å². The number of Topliss-reactive ketones (excluding diaryl/α,β-unsaturated/α-hetero) is 1. The third-order valence-electron chi connectivity index (χ3n) is 3.89. The fraction of sp³-hybridized carbons (Fsp3) is 0.263. The van der Waals surface area contributed by atoms with E-state index in [9.17, 15) is 9.59 Å². The van der Waals surface area contributed by atoms with Crippen LogP contribution in [0.25, 0.3) is 0 Å². The molecule has 2 aromatic carbocycles. The van der Waals surface area contributed by atoms with E-state index in [1.165, 1.54) is 7.11 Å². The Morgan fingerprint density at radius 3 is 2.35 bits per heavy atom. The molecule has 1 atom stereocenters. The zero-order chi connectivity index (χ0) is 16.8. The highest BCUT2D eigenvalue weighted by Gasteiger charge is 2.17. The Hall–Kier alpha value is -2.62. The Morgan fingerprint density at radius 2 is 1.74 bits per heavy atom. The average Bonchev–Trinajstić information content (AvgIpc) is 2.59. The maximum Gasteiger partial charge on any atom is 0.303 e. The van der Waals surface area contributed by atoms with Gasteiger partial charge in [0.2, 0.25) is 0 Å². The number of rotatable bonds is 7. The fourth-order valence-electron chi connectivity index (χ4n) is 2.50. The van der Waals surface area contributed by atoms with Gasteiger partial charge in [-0.25, -0.2) is 0 Å². The van der Waals surface area contributed by atoms with E-state index in [0.29, 0.717) is 11.3 Å². The number of aliphatic carboxylic acids is 1. The molecule has 0 aliphatic heterocycles. The monoisotopic (exact) mass is 312 g/mol. The van der Waals surface area contributed by atoms with Crippen molar-refractivity contribution in [2.75, 3.05) is 7.11 Å². The highest BCUT2D eigenvalue weighted by Crippen LogP contribution is 2.29. The Labute approximate surface area is 135 Å². The number of carbonyl (C=O) groups is 2. The minimum atomic E-state index is -0.980. The first kappa shape index (κ1) is 16.7. The van der Waals surface area contributed by atoms with Crippen LogP contribution in [-0.2, 0) is 4.79 Å². The summed E-state index contributed by atoms with van der Waals surface area (Å²) < 4.78 is 5.25. The van der Waals surface area contributed by atoms with E-state index < -0.39 is 5.97 Å². The maximum atomic E-state index is 12.3. The van der Waals surface area contributed by atoms with Crippen LogP contribution in [0.3, 0.4) is 0 Å². The SMILES string of the molecule is COc1ccc([C@@H](C)c2ccccc2)cc1C(=O)CCC(=O)O. The Morgan fingerprint density at radius 1 is 1.04 bits per heavy atom. The van der Waals surface area contributed by atoms with E-state index >= 15 is 0 Å². The fourth-order valence-corrected chi connectivity index (χ4v) is 2.50. The quantitative estimate of drug-likeness (QED) is 0.788.